The van der Waals surface area contributed by atoms with Crippen LogP contribution in [0.4, 0.5) is 43.0 Å². The summed E-state index contributed by atoms with van der Waals surface area (Å²) in [7, 11) is 0. The number of alkyl halides is 6. The molecule has 0 aliphatic carbocycles. The van der Waals surface area contributed by atoms with Crippen LogP contribution in [0.5, 0.6) is 0 Å². The number of carbonyl (C=O) groups excluding carboxylic acids is 2. The zero-order valence-electron chi connectivity index (χ0n) is 50.2. The number of fused-ring (bicyclic) bond motifs is 2. The van der Waals surface area contributed by atoms with E-state index < -0.39 is 96.2 Å². The molecule has 2 aromatic rings. The van der Waals surface area contributed by atoms with Gasteiger partial charge in [-0.25, -0.2) is 24.7 Å². The van der Waals surface area contributed by atoms with E-state index in [1.807, 2.05) is 0 Å². The largest absolute Gasteiger partial charge is 0.465 e. The zero-order chi connectivity index (χ0) is 64.1. The van der Waals surface area contributed by atoms with Crippen molar-refractivity contribution in [2.24, 2.45) is 0 Å². The third-order valence-electron chi connectivity index (χ3n) is 13.2. The van der Waals surface area contributed by atoms with Crippen LogP contribution in [-0.4, -0.2) is 268 Å². The average molecular weight is 1290 g/mol. The maximum absolute atomic E-state index is 13.2. The monoisotopic (exact) mass is 1290 g/mol. The Morgan fingerprint density at radius 2 is 0.876 bits per heavy atom. The number of carbonyl (C=O) groups is 3. The summed E-state index contributed by atoms with van der Waals surface area (Å²) in [6.45, 7) is 11.8. The molecule has 4 aliphatic rings. The molecular formula is C54H83F6N9O20. The minimum absolute atomic E-state index is 0.0215. The van der Waals surface area contributed by atoms with E-state index in [0.29, 0.717) is 39.6 Å². The summed E-state index contributed by atoms with van der Waals surface area (Å²) < 4.78 is 171. The highest BCUT2D eigenvalue weighted by molar-refractivity contribution is 5.76. The van der Waals surface area contributed by atoms with Gasteiger partial charge < -0.3 is 107 Å². The van der Waals surface area contributed by atoms with Crippen molar-refractivity contribution in [1.82, 2.24) is 35.9 Å². The molecule has 0 bridgehead atoms. The van der Waals surface area contributed by atoms with Crippen molar-refractivity contribution in [3.63, 3.8) is 0 Å². The van der Waals surface area contributed by atoms with Gasteiger partial charge in [0, 0.05) is 38.3 Å². The van der Waals surface area contributed by atoms with Gasteiger partial charge in [-0.15, -0.1) is 0 Å². The summed E-state index contributed by atoms with van der Waals surface area (Å²) in [5.41, 5.74) is -2.14. The zero-order valence-corrected chi connectivity index (χ0v) is 50.2. The van der Waals surface area contributed by atoms with Crippen LogP contribution < -0.4 is 26.6 Å². The fourth-order valence-electron chi connectivity index (χ4n) is 9.21. The van der Waals surface area contributed by atoms with Crippen LogP contribution in [-0.2, 0) is 97.7 Å². The summed E-state index contributed by atoms with van der Waals surface area (Å²) in [5.74, 6) is -2.92. The standard InChI is InChI=1S/C54H83F6N9O20/c1-51(2)86-44-36(66-48-63-9-5-40(68-48)53(55,56)57)31-84-38(46(44)88-51)33-82-27-25-78-23-21-76-19-17-74-15-11-61-42(70)7-13-80-29-35(65-50(72)73)30-81-14-8-43(71)62-12-16-75-18-20-77-22-24-79-26-28-83-34-39-47-45(87-52(3,4)89-47)37(32-85-39)67-49-64-10-6-41(69-49)54(58,59)60/h5-6,9-10,35-39,44-47,65H,7-8,11-34H2,1-4H3,(H,61,70)(H,62,71)(H,72,73)(H,63,66,68)(H,64,67,69)/t36-,37-,38+,39+,44+,45+,46-,47-/m0/s1. The van der Waals surface area contributed by atoms with Crippen molar-refractivity contribution in [1.29, 1.82) is 0 Å². The summed E-state index contributed by atoms with van der Waals surface area (Å²) in [5, 5.41) is 22.7. The number of rotatable bonds is 43. The Bertz CT molecular complexity index is 2250. The highest BCUT2D eigenvalue weighted by Gasteiger charge is 2.54. The normalized spacial score (nSPS) is 23.3. The first-order valence-corrected chi connectivity index (χ1v) is 29.1. The van der Waals surface area contributed by atoms with Crippen molar-refractivity contribution in [2.75, 3.05) is 169 Å². The second kappa shape index (κ2) is 37.4. The molecular weight excluding hydrogens is 1210 g/mol. The number of hydrogen-bond acceptors (Lipinski definition) is 25. The van der Waals surface area contributed by atoms with Crippen molar-refractivity contribution < 1.29 is 122 Å². The Labute approximate surface area is 510 Å². The van der Waals surface area contributed by atoms with E-state index in [-0.39, 0.29) is 155 Å². The molecule has 506 valence electrons. The lowest BCUT2D eigenvalue weighted by Gasteiger charge is -2.37. The third-order valence-corrected chi connectivity index (χ3v) is 13.2. The molecule has 0 saturated carbocycles. The van der Waals surface area contributed by atoms with Crippen molar-refractivity contribution in [3.05, 3.63) is 35.9 Å². The van der Waals surface area contributed by atoms with Gasteiger partial charge in [0.15, 0.2) is 11.6 Å². The van der Waals surface area contributed by atoms with Crippen LogP contribution in [0.3, 0.4) is 0 Å². The SMILES string of the molecule is CC1(C)O[C@@H]2[C@H](O1)[C@@H](Nc1nccc(C(F)(F)F)n1)CO[C@@H]2COCCOCCOCCOCCNC(=O)CCOCC(COCCC(=O)NCCOCCOCCOCCOC[C@H]1OC[C@H](Nc2nccc(C(F)(F)F)n2)[C@H]2OC(C)(C)O[C@H]21)NC(=O)O. The molecule has 6 N–H and O–H groups in total. The van der Waals surface area contributed by atoms with E-state index in [1.54, 1.807) is 27.7 Å². The van der Waals surface area contributed by atoms with Gasteiger partial charge in [-0.3, -0.25) is 9.59 Å². The average Bonchev–Trinajstić information content (AvgIpc) is 1.72. The van der Waals surface area contributed by atoms with E-state index >= 15 is 0 Å². The summed E-state index contributed by atoms with van der Waals surface area (Å²) >= 11 is 0. The first kappa shape index (κ1) is 73.0. The summed E-state index contributed by atoms with van der Waals surface area (Å²) in [6, 6.07) is -0.326. The molecule has 4 fully saturated rings. The topological polar surface area (TPSA) is 331 Å². The second-order valence-electron chi connectivity index (χ2n) is 21.2. The van der Waals surface area contributed by atoms with Crippen LogP contribution in [0.1, 0.15) is 51.9 Å². The molecule has 6 rings (SSSR count). The Kier molecular flexibility index (Phi) is 30.7. The lowest BCUT2D eigenvalue weighted by atomic mass is 9.98. The molecule has 35 heteroatoms. The molecule has 0 aromatic carbocycles. The van der Waals surface area contributed by atoms with Crippen LogP contribution in [0.25, 0.3) is 0 Å². The van der Waals surface area contributed by atoms with E-state index in [2.05, 4.69) is 46.5 Å². The van der Waals surface area contributed by atoms with E-state index in [4.69, 9.17) is 75.8 Å². The van der Waals surface area contributed by atoms with Gasteiger partial charge in [-0.1, -0.05) is 0 Å². The predicted octanol–water partition coefficient (Wildman–Crippen LogP) is 2.22. The number of halogens is 6. The fourth-order valence-corrected chi connectivity index (χ4v) is 9.21. The molecule has 6 heterocycles. The van der Waals surface area contributed by atoms with Crippen LogP contribution in [0.2, 0.25) is 0 Å². The maximum atomic E-state index is 13.2. The summed E-state index contributed by atoms with van der Waals surface area (Å²) in [6.07, 6.45) is -11.7. The van der Waals surface area contributed by atoms with Crippen LogP contribution in [0, 0.1) is 0 Å². The molecule has 4 saturated heterocycles. The lowest BCUT2D eigenvalue weighted by Crippen LogP contribution is -2.55. The van der Waals surface area contributed by atoms with Crippen LogP contribution in [0.15, 0.2) is 24.5 Å². The molecule has 8 atom stereocenters. The van der Waals surface area contributed by atoms with Crippen molar-refractivity contribution in [3.8, 4) is 0 Å². The molecule has 89 heavy (non-hydrogen) atoms. The van der Waals surface area contributed by atoms with Gasteiger partial charge in [0.2, 0.25) is 23.7 Å². The van der Waals surface area contributed by atoms with Crippen LogP contribution >= 0.6 is 0 Å². The van der Waals surface area contributed by atoms with Gasteiger partial charge in [0.05, 0.1) is 163 Å². The number of nitrogens with zero attached hydrogens (tertiary/aromatic N) is 4. The third kappa shape index (κ3) is 27.3. The first-order chi connectivity index (χ1) is 42.5. The quantitative estimate of drug-likeness (QED) is 0.0409. The highest BCUT2D eigenvalue weighted by atomic mass is 19.4. The number of carboxylic acid groups (broad SMARTS) is 1. The van der Waals surface area contributed by atoms with Crippen molar-refractivity contribution >= 4 is 29.8 Å². The maximum Gasteiger partial charge on any atom is 0.433 e. The Morgan fingerprint density at radius 3 is 1.24 bits per heavy atom. The smallest absolute Gasteiger partial charge is 0.433 e. The Morgan fingerprint density at radius 1 is 0.528 bits per heavy atom. The molecule has 4 aliphatic heterocycles. The van der Waals surface area contributed by atoms with Gasteiger partial charge in [-0.2, -0.15) is 26.3 Å². The lowest BCUT2D eigenvalue weighted by molar-refractivity contribution is -0.161. The van der Waals surface area contributed by atoms with Gasteiger partial charge in [0.1, 0.15) is 48.0 Å². The Balaban J connectivity index is 0.665. The first-order valence-electron chi connectivity index (χ1n) is 29.1. The number of anilines is 2. The molecule has 0 spiro atoms. The molecule has 0 radical (unpaired) electrons. The minimum atomic E-state index is -4.62. The summed E-state index contributed by atoms with van der Waals surface area (Å²) in [4.78, 5) is 50.8. The fraction of sp³-hybridized carbons (Fsp3) is 0.796. The predicted molar refractivity (Wildman–Crippen MR) is 294 cm³/mol. The van der Waals surface area contributed by atoms with Crippen molar-refractivity contribution in [2.45, 2.75) is 119 Å². The van der Waals surface area contributed by atoms with E-state index in [1.165, 1.54) is 0 Å². The number of ether oxygens (including phenoxy) is 16. The van der Waals surface area contributed by atoms with Gasteiger partial charge in [0.25, 0.3) is 0 Å². The minimum Gasteiger partial charge on any atom is -0.465 e. The number of nitrogens with one attached hydrogen (secondary N) is 5. The van der Waals surface area contributed by atoms with E-state index in [0.717, 1.165) is 24.5 Å². The van der Waals surface area contributed by atoms with Gasteiger partial charge in [-0.05, 0) is 39.8 Å². The van der Waals surface area contributed by atoms with E-state index in [9.17, 15) is 45.8 Å². The Hall–Kier alpha value is -5.09. The number of hydrogen-bond donors (Lipinski definition) is 6. The van der Waals surface area contributed by atoms with Gasteiger partial charge >= 0.3 is 18.4 Å². The molecule has 29 nitrogen and oxygen atoms in total. The highest BCUT2D eigenvalue weighted by Crippen LogP contribution is 2.38. The molecule has 0 unspecified atom stereocenters. The number of aromatic nitrogens is 4. The number of amides is 3. The molecule has 3 amide bonds. The molecule has 2 aromatic heterocycles. The second-order valence-corrected chi connectivity index (χ2v) is 21.2.